The minimum absolute atomic E-state index is 0.0439. The van der Waals surface area contributed by atoms with E-state index in [0.29, 0.717) is 43.0 Å². The molecule has 0 aromatic heterocycles. The molecular formula is C29H33Cl2N3O5. The highest BCUT2D eigenvalue weighted by molar-refractivity contribution is 6.36. The zero-order chi connectivity index (χ0) is 28.1. The fraction of sp³-hybridized carbons (Fsp3) is 0.379. The number of hydrogen-bond donors (Lipinski definition) is 3. The lowest BCUT2D eigenvalue weighted by Gasteiger charge is -2.35. The number of nitrogens with one attached hydrogen (secondary N) is 1. The number of carboxylic acid groups (broad SMARTS) is 2. The summed E-state index contributed by atoms with van der Waals surface area (Å²) in [6.45, 7) is 4.26. The number of methoxy groups -OCH3 is 1. The third kappa shape index (κ3) is 6.58. The van der Waals surface area contributed by atoms with Crippen LogP contribution in [0, 0.1) is 0 Å². The molecule has 1 fully saturated rings. The summed E-state index contributed by atoms with van der Waals surface area (Å²) in [7, 11) is 3.67. The first-order valence-electron chi connectivity index (χ1n) is 12.9. The molecule has 0 bridgehead atoms. The number of dihydropyridines is 1. The van der Waals surface area contributed by atoms with E-state index in [0.717, 1.165) is 31.7 Å². The first-order chi connectivity index (χ1) is 18.7. The molecule has 1 unspecified atom stereocenters. The minimum atomic E-state index is -1.23. The summed E-state index contributed by atoms with van der Waals surface area (Å²) in [4.78, 5) is 30.1. The van der Waals surface area contributed by atoms with E-state index in [2.05, 4.69) is 22.2 Å². The summed E-state index contributed by atoms with van der Waals surface area (Å²) in [5.41, 5.74) is 2.00. The Hall–Kier alpha value is -3.04. The van der Waals surface area contributed by atoms with Gasteiger partial charge in [0, 0.05) is 66.1 Å². The smallest absolute Gasteiger partial charge is 0.334 e. The lowest BCUT2D eigenvalue weighted by molar-refractivity contribution is -0.133. The van der Waals surface area contributed by atoms with Crippen LogP contribution in [-0.4, -0.2) is 78.8 Å². The number of rotatable bonds is 10. The monoisotopic (exact) mass is 573 g/mol. The molecule has 2 aromatic carbocycles. The maximum atomic E-state index is 12.8. The van der Waals surface area contributed by atoms with Crippen molar-refractivity contribution in [3.05, 3.63) is 86.2 Å². The number of ether oxygens (including phenoxy) is 1. The van der Waals surface area contributed by atoms with Crippen molar-refractivity contribution >= 4 is 35.1 Å². The maximum Gasteiger partial charge on any atom is 0.334 e. The summed E-state index contributed by atoms with van der Waals surface area (Å²) in [6.07, 6.45) is 1.22. The largest absolute Gasteiger partial charge is 0.496 e. The number of aliphatic carboxylic acids is 2. The van der Waals surface area contributed by atoms with E-state index in [4.69, 9.17) is 27.9 Å². The van der Waals surface area contributed by atoms with Gasteiger partial charge in [0.05, 0.1) is 24.2 Å². The van der Waals surface area contributed by atoms with Crippen LogP contribution in [0.15, 0.2) is 65.0 Å². The number of carboxylic acids is 2. The molecule has 10 heteroatoms. The van der Waals surface area contributed by atoms with Crippen molar-refractivity contribution in [2.45, 2.75) is 25.2 Å². The van der Waals surface area contributed by atoms with Crippen LogP contribution >= 0.6 is 23.2 Å². The van der Waals surface area contributed by atoms with Gasteiger partial charge in [-0.25, -0.2) is 9.59 Å². The van der Waals surface area contributed by atoms with E-state index in [1.54, 1.807) is 25.3 Å². The van der Waals surface area contributed by atoms with Gasteiger partial charge in [0.25, 0.3) is 0 Å². The number of piperazine rings is 1. The molecule has 2 aromatic rings. The van der Waals surface area contributed by atoms with Crippen molar-refractivity contribution in [1.29, 1.82) is 0 Å². The predicted octanol–water partition coefficient (Wildman–Crippen LogP) is 4.64. The number of allylic oxidation sites excluding steroid dienone is 1. The Labute approximate surface area is 238 Å². The summed E-state index contributed by atoms with van der Waals surface area (Å²) < 4.78 is 5.48. The molecule has 0 saturated carbocycles. The molecule has 39 heavy (non-hydrogen) atoms. The lowest BCUT2D eigenvalue weighted by Crippen LogP contribution is -2.45. The standard InChI is InChI=1S/C29H33Cl2N3O5/c1-33-14-16-34(17-15-33)13-12-22-26(29(37)38)27(24-19(30)7-5-8-20(24)31)25(28(35)36)21(32-22)11-10-18-6-3-4-9-23(18)39-2/h3-9,27,32H,10-17H2,1-2H3,(H,35,36)(H,37,38). The first-order valence-corrected chi connectivity index (χ1v) is 13.6. The van der Waals surface area contributed by atoms with Crippen LogP contribution in [0.3, 0.4) is 0 Å². The Morgan fingerprint density at radius 1 is 0.897 bits per heavy atom. The number of para-hydroxylation sites is 1. The second-order valence-corrected chi connectivity index (χ2v) is 10.6. The second kappa shape index (κ2) is 12.9. The molecule has 1 atom stereocenters. The van der Waals surface area contributed by atoms with Gasteiger partial charge in [-0.05, 0) is 43.7 Å². The van der Waals surface area contributed by atoms with Crippen molar-refractivity contribution in [1.82, 2.24) is 15.1 Å². The number of nitrogens with zero attached hydrogens (tertiary/aromatic N) is 2. The van der Waals surface area contributed by atoms with Crippen LogP contribution in [0.25, 0.3) is 0 Å². The van der Waals surface area contributed by atoms with Gasteiger partial charge in [-0.2, -0.15) is 0 Å². The number of halogens is 2. The van der Waals surface area contributed by atoms with Gasteiger partial charge in [-0.1, -0.05) is 47.5 Å². The molecule has 0 radical (unpaired) electrons. The molecule has 4 rings (SSSR count). The van der Waals surface area contributed by atoms with Gasteiger partial charge < -0.3 is 30.1 Å². The van der Waals surface area contributed by atoms with Gasteiger partial charge >= 0.3 is 11.9 Å². The van der Waals surface area contributed by atoms with E-state index in [9.17, 15) is 19.8 Å². The number of likely N-dealkylation sites (N-methyl/N-ethyl adjacent to an activating group) is 1. The Kier molecular flexibility index (Phi) is 9.56. The van der Waals surface area contributed by atoms with Crippen LogP contribution in [0.2, 0.25) is 10.0 Å². The SMILES string of the molecule is COc1ccccc1CCC1=C(C(=O)O)C(c2c(Cl)cccc2Cl)C(C(=O)O)=C(CCN2CCN(C)CC2)N1. The van der Waals surface area contributed by atoms with Gasteiger partial charge in [0.15, 0.2) is 0 Å². The predicted molar refractivity (Wildman–Crippen MR) is 152 cm³/mol. The zero-order valence-electron chi connectivity index (χ0n) is 22.0. The van der Waals surface area contributed by atoms with Crippen molar-refractivity contribution < 1.29 is 24.5 Å². The highest BCUT2D eigenvalue weighted by Crippen LogP contribution is 2.45. The summed E-state index contributed by atoms with van der Waals surface area (Å²) in [5, 5.41) is 24.5. The van der Waals surface area contributed by atoms with Crippen LogP contribution in [0.1, 0.15) is 29.9 Å². The fourth-order valence-corrected chi connectivity index (χ4v) is 5.91. The van der Waals surface area contributed by atoms with Crippen molar-refractivity contribution in [3.63, 3.8) is 0 Å². The highest BCUT2D eigenvalue weighted by Gasteiger charge is 2.40. The molecular weight excluding hydrogens is 541 g/mol. The lowest BCUT2D eigenvalue weighted by atomic mass is 9.78. The molecule has 0 amide bonds. The Bertz CT molecular complexity index is 1280. The van der Waals surface area contributed by atoms with Crippen molar-refractivity contribution in [2.75, 3.05) is 46.9 Å². The molecule has 0 aliphatic carbocycles. The Balaban J connectivity index is 1.78. The fourth-order valence-electron chi connectivity index (χ4n) is 5.29. The van der Waals surface area contributed by atoms with E-state index >= 15 is 0 Å². The molecule has 0 spiro atoms. The normalized spacial score (nSPS) is 18.7. The van der Waals surface area contributed by atoms with Crippen LogP contribution < -0.4 is 10.1 Å². The average molecular weight is 575 g/mol. The van der Waals surface area contributed by atoms with Crippen molar-refractivity contribution in [3.8, 4) is 5.75 Å². The van der Waals surface area contributed by atoms with Crippen molar-refractivity contribution in [2.24, 2.45) is 0 Å². The van der Waals surface area contributed by atoms with Crippen LogP contribution in [0.4, 0.5) is 0 Å². The number of hydrogen-bond acceptors (Lipinski definition) is 6. The summed E-state index contributed by atoms with van der Waals surface area (Å²) in [6, 6.07) is 12.4. The highest BCUT2D eigenvalue weighted by atomic mass is 35.5. The Morgan fingerprint density at radius 2 is 1.49 bits per heavy atom. The topological polar surface area (TPSA) is 102 Å². The second-order valence-electron chi connectivity index (χ2n) is 9.79. The third-order valence-corrected chi connectivity index (χ3v) is 8.05. The average Bonchev–Trinajstić information content (AvgIpc) is 2.91. The van der Waals surface area contributed by atoms with Crippen LogP contribution in [-0.2, 0) is 16.0 Å². The van der Waals surface area contributed by atoms with Gasteiger partial charge in [0.2, 0.25) is 0 Å². The Morgan fingerprint density at radius 3 is 2.08 bits per heavy atom. The maximum absolute atomic E-state index is 12.8. The molecule has 2 heterocycles. The molecule has 3 N–H and O–H groups in total. The minimum Gasteiger partial charge on any atom is -0.496 e. The van der Waals surface area contributed by atoms with Gasteiger partial charge in [-0.15, -0.1) is 0 Å². The molecule has 208 valence electrons. The van der Waals surface area contributed by atoms with Gasteiger partial charge in [-0.3, -0.25) is 0 Å². The van der Waals surface area contributed by atoms with E-state index < -0.39 is 17.9 Å². The molecule has 1 saturated heterocycles. The third-order valence-electron chi connectivity index (χ3n) is 7.39. The molecule has 2 aliphatic rings. The van der Waals surface area contributed by atoms with E-state index in [1.807, 2.05) is 24.3 Å². The van der Waals surface area contributed by atoms with E-state index in [-0.39, 0.29) is 26.8 Å². The van der Waals surface area contributed by atoms with Crippen LogP contribution in [0.5, 0.6) is 5.75 Å². The quantitative estimate of drug-likeness (QED) is 0.378. The molecule has 8 nitrogen and oxygen atoms in total. The zero-order valence-corrected chi connectivity index (χ0v) is 23.6. The number of benzene rings is 2. The first kappa shape index (κ1) is 29.0. The van der Waals surface area contributed by atoms with E-state index in [1.165, 1.54) is 0 Å². The number of aryl methyl sites for hydroxylation is 1. The number of carbonyl (C=O) groups is 2. The summed E-state index contributed by atoms with van der Waals surface area (Å²) in [5.74, 6) is -2.87. The molecule has 2 aliphatic heterocycles. The van der Waals surface area contributed by atoms with Gasteiger partial charge in [0.1, 0.15) is 5.75 Å². The summed E-state index contributed by atoms with van der Waals surface area (Å²) >= 11 is 13.1.